The molecule has 2 atom stereocenters. The molecule has 3 nitrogen and oxygen atoms in total. The van der Waals surface area contributed by atoms with Crippen LogP contribution in [0.4, 0.5) is 0 Å². The van der Waals surface area contributed by atoms with Crippen molar-refractivity contribution in [2.75, 3.05) is 0 Å². The van der Waals surface area contributed by atoms with Gasteiger partial charge in [-0.2, -0.15) is 10.6 Å². The molecular weight excluding hydrogens is 362 g/mol. The molecule has 0 aromatic heterocycles. The van der Waals surface area contributed by atoms with E-state index in [-0.39, 0.29) is 4.75 Å². The maximum Gasteiger partial charge on any atom is 0.0758 e. The van der Waals surface area contributed by atoms with Gasteiger partial charge in [0.05, 0.1) is 16.8 Å². The van der Waals surface area contributed by atoms with Crippen molar-refractivity contribution in [1.29, 1.82) is 0 Å². The second-order valence-corrected chi connectivity index (χ2v) is 12.3. The number of rotatable bonds is 4. The van der Waals surface area contributed by atoms with E-state index in [1.54, 1.807) is 0 Å². The van der Waals surface area contributed by atoms with E-state index < -0.39 is 32.2 Å². The number of hydrogen-bond donors (Lipinski definition) is 0. The van der Waals surface area contributed by atoms with E-state index in [9.17, 15) is 8.42 Å². The van der Waals surface area contributed by atoms with Crippen LogP contribution in [0.15, 0.2) is 63.9 Å². The molecule has 2 unspecified atom stereocenters. The van der Waals surface area contributed by atoms with E-state index in [1.165, 1.54) is 0 Å². The smallest absolute Gasteiger partial charge is 0.0758 e. The molecule has 0 N–H and O–H groups in total. The minimum absolute atomic E-state index is 0.388. The van der Waals surface area contributed by atoms with Crippen molar-refractivity contribution in [2.24, 2.45) is 4.36 Å². The first kappa shape index (κ1) is 20.8. The molecule has 0 radical (unpaired) electrons. The lowest BCUT2D eigenvalue weighted by Gasteiger charge is -2.28. The third-order valence-electron chi connectivity index (χ3n) is 3.81. The maximum absolute atomic E-state index is 13.1. The molecule has 2 aromatic carbocycles. The van der Waals surface area contributed by atoms with Gasteiger partial charge in [-0.25, -0.2) is 0 Å². The predicted octanol–water partition coefficient (Wildman–Crippen LogP) is 5.63. The van der Waals surface area contributed by atoms with Gasteiger partial charge in [0.25, 0.3) is 0 Å². The average molecular weight is 391 g/mol. The second-order valence-electron chi connectivity index (χ2n) is 8.20. The molecule has 2 rings (SSSR count). The third-order valence-corrected chi connectivity index (χ3v) is 7.14. The molecule has 0 aliphatic carbocycles. The van der Waals surface area contributed by atoms with Crippen LogP contribution in [-0.2, 0) is 25.6 Å². The zero-order valence-corrected chi connectivity index (χ0v) is 18.0. The Kier molecular flexibility index (Phi) is 6.46. The van der Waals surface area contributed by atoms with Crippen LogP contribution in [0.1, 0.15) is 58.7 Å². The van der Waals surface area contributed by atoms with Gasteiger partial charge >= 0.3 is 0 Å². The normalized spacial score (nSPS) is 16.2. The second kappa shape index (κ2) is 8.05. The highest BCUT2D eigenvalue weighted by Gasteiger charge is 2.26. The zero-order valence-electron chi connectivity index (χ0n) is 16.4. The molecule has 0 saturated carbocycles. The first-order valence-electron chi connectivity index (χ1n) is 8.70. The van der Waals surface area contributed by atoms with Gasteiger partial charge in [0, 0.05) is 9.64 Å². The van der Waals surface area contributed by atoms with E-state index in [2.05, 4.69) is 4.36 Å². The summed E-state index contributed by atoms with van der Waals surface area (Å²) in [7, 11) is -2.59. The standard InChI is InChI=1S/C21H28NO2S2/c1-20(2,3)25(23)18-15-11-10-14-17(18)19(16-12-8-7-9-13-16)22-26(24)21(4,5)6/h7-15,19H,1-6H3/q-1. The average Bonchev–Trinajstić information content (AvgIpc) is 2.58. The Labute approximate surface area is 161 Å². The molecular formula is C21H28NO2S2-. The van der Waals surface area contributed by atoms with Gasteiger partial charge in [-0.1, -0.05) is 74.0 Å². The zero-order chi connectivity index (χ0) is 19.5. The molecule has 2 aromatic rings. The Morgan fingerprint density at radius 3 is 1.96 bits per heavy atom. The third kappa shape index (κ3) is 5.04. The fourth-order valence-corrected chi connectivity index (χ4v) is 4.39. The lowest BCUT2D eigenvalue weighted by atomic mass is 10.00. The molecule has 0 bridgehead atoms. The molecule has 142 valence electrons. The highest BCUT2D eigenvalue weighted by atomic mass is 32.2. The summed E-state index contributed by atoms with van der Waals surface area (Å²) in [5.41, 5.74) is 1.80. The summed E-state index contributed by atoms with van der Waals surface area (Å²) in [6, 6.07) is 17.0. The predicted molar refractivity (Wildman–Crippen MR) is 111 cm³/mol. The van der Waals surface area contributed by atoms with Crippen molar-refractivity contribution in [3.8, 4) is 0 Å². The van der Waals surface area contributed by atoms with Crippen LogP contribution in [0.5, 0.6) is 0 Å². The lowest BCUT2D eigenvalue weighted by molar-refractivity contribution is 0.578. The van der Waals surface area contributed by atoms with Gasteiger partial charge in [-0.05, 0) is 38.0 Å². The van der Waals surface area contributed by atoms with E-state index in [0.717, 1.165) is 16.0 Å². The van der Waals surface area contributed by atoms with Gasteiger partial charge in [-0.3, -0.25) is 4.21 Å². The van der Waals surface area contributed by atoms with Crippen LogP contribution in [0.25, 0.3) is 0 Å². The number of hydrogen-bond acceptors (Lipinski definition) is 4. The summed E-state index contributed by atoms with van der Waals surface area (Å²) in [6.07, 6.45) is 0. The molecule has 0 aliphatic heterocycles. The SMILES string of the molecule is CC(C)(C)S(=O)c1ccccc1C(N=[S-](=O)C(C)(C)C)c1ccccc1. The summed E-state index contributed by atoms with van der Waals surface area (Å²) in [4.78, 5) is 0.753. The van der Waals surface area contributed by atoms with E-state index in [0.29, 0.717) is 0 Å². The van der Waals surface area contributed by atoms with Crippen LogP contribution in [-0.4, -0.2) is 13.7 Å². The highest BCUT2D eigenvalue weighted by molar-refractivity contribution is 7.86. The molecule has 0 amide bonds. The van der Waals surface area contributed by atoms with Crippen molar-refractivity contribution < 1.29 is 8.42 Å². The van der Waals surface area contributed by atoms with Gasteiger partial charge < -0.3 is 8.57 Å². The van der Waals surface area contributed by atoms with Gasteiger partial charge in [0.1, 0.15) is 0 Å². The van der Waals surface area contributed by atoms with Crippen molar-refractivity contribution >= 4 is 21.4 Å². The Morgan fingerprint density at radius 2 is 1.42 bits per heavy atom. The topological polar surface area (TPSA) is 46.5 Å². The molecule has 0 spiro atoms. The molecule has 0 saturated heterocycles. The van der Waals surface area contributed by atoms with Crippen molar-refractivity contribution in [1.82, 2.24) is 0 Å². The van der Waals surface area contributed by atoms with Crippen LogP contribution in [0.3, 0.4) is 0 Å². The largest absolute Gasteiger partial charge is 0.444 e. The quantitative estimate of drug-likeness (QED) is 0.635. The van der Waals surface area contributed by atoms with E-state index in [4.69, 9.17) is 0 Å². The summed E-state index contributed by atoms with van der Waals surface area (Å²) in [5.74, 6) is 0. The summed E-state index contributed by atoms with van der Waals surface area (Å²) < 4.78 is 29.7. The van der Waals surface area contributed by atoms with Crippen LogP contribution < -0.4 is 0 Å². The Bertz CT molecular complexity index is 856. The summed E-state index contributed by atoms with van der Waals surface area (Å²) in [6.45, 7) is 11.6. The molecule has 0 heterocycles. The van der Waals surface area contributed by atoms with Crippen LogP contribution in [0.2, 0.25) is 0 Å². The Morgan fingerprint density at radius 1 is 0.885 bits per heavy atom. The molecule has 0 fully saturated rings. The van der Waals surface area contributed by atoms with Crippen LogP contribution >= 0.6 is 0 Å². The van der Waals surface area contributed by atoms with E-state index in [1.807, 2.05) is 96.1 Å². The van der Waals surface area contributed by atoms with Gasteiger partial charge in [0.15, 0.2) is 0 Å². The fourth-order valence-electron chi connectivity index (χ4n) is 2.39. The highest BCUT2D eigenvalue weighted by Crippen LogP contribution is 2.34. The monoisotopic (exact) mass is 390 g/mol. The fraction of sp³-hybridized carbons (Fsp3) is 0.429. The van der Waals surface area contributed by atoms with Crippen LogP contribution in [0, 0.1) is 0 Å². The molecule has 26 heavy (non-hydrogen) atoms. The summed E-state index contributed by atoms with van der Waals surface area (Å²) >= 11 is 0. The number of nitrogens with zero attached hydrogens (tertiary/aromatic N) is 1. The summed E-state index contributed by atoms with van der Waals surface area (Å²) in [5, 5.41) is 0. The minimum Gasteiger partial charge on any atom is -0.444 e. The lowest BCUT2D eigenvalue weighted by Crippen LogP contribution is -2.23. The van der Waals surface area contributed by atoms with Crippen molar-refractivity contribution in [3.05, 3.63) is 65.7 Å². The van der Waals surface area contributed by atoms with Gasteiger partial charge in [0.2, 0.25) is 0 Å². The Balaban J connectivity index is 2.69. The minimum atomic E-state index is -1.38. The van der Waals surface area contributed by atoms with Crippen molar-refractivity contribution in [2.45, 2.75) is 62.0 Å². The van der Waals surface area contributed by atoms with Gasteiger partial charge in [-0.15, -0.1) is 0 Å². The number of benzene rings is 2. The first-order chi connectivity index (χ1) is 12.0. The molecule has 5 heteroatoms. The molecule has 0 aliphatic rings. The maximum atomic E-state index is 13.1. The van der Waals surface area contributed by atoms with E-state index >= 15 is 0 Å². The first-order valence-corrected chi connectivity index (χ1v) is 11.0. The Hall–Kier alpha value is -1.46. The van der Waals surface area contributed by atoms with Crippen molar-refractivity contribution in [3.63, 3.8) is 0 Å².